The van der Waals surface area contributed by atoms with Crippen molar-refractivity contribution < 1.29 is 9.47 Å². The predicted molar refractivity (Wildman–Crippen MR) is 199 cm³/mol. The fourth-order valence-electron chi connectivity index (χ4n) is 6.54. The number of hydrogen-bond donors (Lipinski definition) is 0. The van der Waals surface area contributed by atoms with Gasteiger partial charge in [-0.2, -0.15) is 0 Å². The van der Waals surface area contributed by atoms with Gasteiger partial charge in [-0.3, -0.25) is 0 Å². The lowest BCUT2D eigenvalue weighted by Crippen LogP contribution is -2.29. The Bertz CT molecular complexity index is 1690. The largest absolute Gasteiger partial charge is 0.493 e. The molecule has 1 atom stereocenters. The van der Waals surface area contributed by atoms with Crippen LogP contribution in [0.3, 0.4) is 0 Å². The SMILES string of the molecule is C1=CC(P(c2ccccc2)c2ccccc2)=C2c3c(cccc3P(c3ccccc3)c3ccccc3)OCCCCCCO[C@H]2C1. The van der Waals surface area contributed by atoms with Crippen molar-refractivity contribution in [1.29, 1.82) is 0 Å². The molecule has 1 aliphatic carbocycles. The predicted octanol–water partition coefficient (Wildman–Crippen LogP) is 8.59. The van der Waals surface area contributed by atoms with Crippen LogP contribution in [0.25, 0.3) is 5.57 Å². The molecule has 0 unspecified atom stereocenters. The van der Waals surface area contributed by atoms with Gasteiger partial charge in [-0.1, -0.05) is 152 Å². The second-order valence-electron chi connectivity index (χ2n) is 11.7. The lowest BCUT2D eigenvalue weighted by Gasteiger charge is -2.34. The molecule has 1 heterocycles. The van der Waals surface area contributed by atoms with Crippen LogP contribution in [0.2, 0.25) is 0 Å². The first kappa shape index (κ1) is 30.8. The van der Waals surface area contributed by atoms with Crippen molar-refractivity contribution in [3.8, 4) is 5.75 Å². The first-order valence-corrected chi connectivity index (χ1v) is 19.2. The summed E-state index contributed by atoms with van der Waals surface area (Å²) in [6.45, 7) is 1.50. The number of benzene rings is 5. The van der Waals surface area contributed by atoms with Crippen LogP contribution in [0.15, 0.2) is 157 Å². The molecule has 0 amide bonds. The summed E-state index contributed by atoms with van der Waals surface area (Å²) in [5, 5.41) is 8.04. The molecule has 0 N–H and O–H groups in total. The Morgan fingerprint density at radius 1 is 0.500 bits per heavy atom. The lowest BCUT2D eigenvalue weighted by atomic mass is 9.93. The van der Waals surface area contributed by atoms with E-state index >= 15 is 0 Å². The van der Waals surface area contributed by atoms with Crippen LogP contribution in [0, 0.1) is 0 Å². The fourth-order valence-corrected chi connectivity index (χ4v) is 11.6. The Morgan fingerprint density at radius 3 is 1.59 bits per heavy atom. The van der Waals surface area contributed by atoms with Gasteiger partial charge in [0, 0.05) is 17.7 Å². The van der Waals surface area contributed by atoms with E-state index in [9.17, 15) is 0 Å². The average Bonchev–Trinajstić information content (AvgIpc) is 3.11. The molecule has 1 aliphatic heterocycles. The smallest absolute Gasteiger partial charge is 0.127 e. The van der Waals surface area contributed by atoms with E-state index in [2.05, 4.69) is 152 Å². The Labute approximate surface area is 276 Å². The summed E-state index contributed by atoms with van der Waals surface area (Å²) in [5.41, 5.74) is 2.53. The molecule has 5 aromatic rings. The van der Waals surface area contributed by atoms with Crippen molar-refractivity contribution in [2.45, 2.75) is 38.2 Å². The normalized spacial score (nSPS) is 17.0. The highest BCUT2D eigenvalue weighted by Crippen LogP contribution is 2.52. The highest BCUT2D eigenvalue weighted by molar-refractivity contribution is 7.80. The summed E-state index contributed by atoms with van der Waals surface area (Å²) in [5.74, 6) is 0.977. The maximum absolute atomic E-state index is 6.93. The molecule has 0 bridgehead atoms. The van der Waals surface area contributed by atoms with Crippen molar-refractivity contribution in [3.05, 3.63) is 163 Å². The summed E-state index contributed by atoms with van der Waals surface area (Å²) in [6, 6.07) is 50.9. The highest BCUT2D eigenvalue weighted by atomic mass is 31.1. The fraction of sp³-hybridized carbons (Fsp3) is 0.190. The first-order chi connectivity index (χ1) is 22.9. The van der Waals surface area contributed by atoms with E-state index < -0.39 is 15.8 Å². The molecule has 0 radical (unpaired) electrons. The van der Waals surface area contributed by atoms with Crippen molar-refractivity contribution >= 4 is 47.9 Å². The molecular formula is C42H40O2P2. The van der Waals surface area contributed by atoms with E-state index in [0.29, 0.717) is 0 Å². The third-order valence-corrected chi connectivity index (χ3v) is 13.6. The Morgan fingerprint density at radius 2 is 1.02 bits per heavy atom. The van der Waals surface area contributed by atoms with Crippen molar-refractivity contribution in [2.24, 2.45) is 0 Å². The van der Waals surface area contributed by atoms with Crippen molar-refractivity contribution in [3.63, 3.8) is 0 Å². The van der Waals surface area contributed by atoms with Crippen LogP contribution in [-0.4, -0.2) is 19.3 Å². The number of fused-ring (bicyclic) bond motifs is 3. The van der Waals surface area contributed by atoms with Gasteiger partial charge in [-0.15, -0.1) is 0 Å². The monoisotopic (exact) mass is 638 g/mol. The zero-order valence-corrected chi connectivity index (χ0v) is 28.0. The molecule has 46 heavy (non-hydrogen) atoms. The molecule has 0 aromatic heterocycles. The summed E-state index contributed by atoms with van der Waals surface area (Å²) in [6.07, 6.45) is 9.99. The minimum atomic E-state index is -0.874. The summed E-state index contributed by atoms with van der Waals surface area (Å²) < 4.78 is 13.7. The highest BCUT2D eigenvalue weighted by Gasteiger charge is 2.34. The van der Waals surface area contributed by atoms with E-state index in [1.165, 1.54) is 49.4 Å². The van der Waals surface area contributed by atoms with Crippen LogP contribution in [0.5, 0.6) is 5.75 Å². The van der Waals surface area contributed by atoms with Gasteiger partial charge in [0.15, 0.2) is 0 Å². The minimum Gasteiger partial charge on any atom is -0.493 e. The summed E-state index contributed by atoms with van der Waals surface area (Å²) in [7, 11) is -1.73. The molecule has 5 aromatic carbocycles. The van der Waals surface area contributed by atoms with Gasteiger partial charge in [-0.25, -0.2) is 0 Å². The van der Waals surface area contributed by atoms with Gasteiger partial charge in [0.1, 0.15) is 5.75 Å². The third kappa shape index (κ3) is 6.82. The zero-order valence-electron chi connectivity index (χ0n) is 26.2. The first-order valence-electron chi connectivity index (χ1n) is 16.5. The molecule has 0 saturated heterocycles. The maximum Gasteiger partial charge on any atom is 0.127 e. The molecule has 4 heteroatoms. The van der Waals surface area contributed by atoms with E-state index in [0.717, 1.165) is 44.6 Å². The zero-order chi connectivity index (χ0) is 31.0. The maximum atomic E-state index is 6.93. The van der Waals surface area contributed by atoms with Gasteiger partial charge < -0.3 is 9.47 Å². The van der Waals surface area contributed by atoms with E-state index in [1.807, 2.05) is 0 Å². The average molecular weight is 639 g/mol. The van der Waals surface area contributed by atoms with Crippen LogP contribution in [0.4, 0.5) is 0 Å². The van der Waals surface area contributed by atoms with Gasteiger partial charge in [0.05, 0.1) is 12.7 Å². The van der Waals surface area contributed by atoms with Crippen LogP contribution < -0.4 is 31.3 Å². The minimum absolute atomic E-state index is 0.0521. The van der Waals surface area contributed by atoms with Gasteiger partial charge >= 0.3 is 0 Å². The van der Waals surface area contributed by atoms with Gasteiger partial charge in [0.25, 0.3) is 0 Å². The topological polar surface area (TPSA) is 18.5 Å². The second-order valence-corrected chi connectivity index (χ2v) is 16.1. The van der Waals surface area contributed by atoms with Crippen molar-refractivity contribution in [2.75, 3.05) is 13.2 Å². The number of rotatable bonds is 6. The summed E-state index contributed by atoms with van der Waals surface area (Å²) >= 11 is 0. The quantitative estimate of drug-likeness (QED) is 0.174. The summed E-state index contributed by atoms with van der Waals surface area (Å²) in [4.78, 5) is 0. The van der Waals surface area contributed by atoms with Crippen LogP contribution in [-0.2, 0) is 4.74 Å². The van der Waals surface area contributed by atoms with Crippen LogP contribution in [0.1, 0.15) is 37.7 Å². The van der Waals surface area contributed by atoms with E-state index in [-0.39, 0.29) is 6.10 Å². The van der Waals surface area contributed by atoms with Crippen LogP contribution >= 0.6 is 15.8 Å². The van der Waals surface area contributed by atoms with E-state index in [1.54, 1.807) is 0 Å². The number of ether oxygens (including phenoxy) is 2. The molecule has 0 fully saturated rings. The molecular weight excluding hydrogens is 598 g/mol. The molecule has 0 spiro atoms. The lowest BCUT2D eigenvalue weighted by molar-refractivity contribution is 0.0885. The van der Waals surface area contributed by atoms with Gasteiger partial charge in [-0.05, 0) is 79.4 Å². The molecule has 0 saturated carbocycles. The number of hydrogen-bond acceptors (Lipinski definition) is 2. The molecule has 2 aliphatic rings. The second kappa shape index (κ2) is 15.2. The third-order valence-electron chi connectivity index (χ3n) is 8.65. The Hall–Kier alpha value is -3.80. The standard InChI is InChI=1S/C42H40O2P2/c1-2-16-32-44-38-28-18-30-40(46(35-23-11-5-12-24-35)36-25-13-6-14-26-36)42(38)41-37(43-31-15-1)27-17-29-39(41)45(33-19-7-3-8-20-33)34-21-9-4-10-22-34/h3-14,17-27,29-30,38H,1-2,15-16,28,31-32H2/t38-/m0/s1. The van der Waals surface area contributed by atoms with E-state index in [4.69, 9.17) is 9.47 Å². The number of allylic oxidation sites excluding steroid dienone is 2. The Balaban J connectivity index is 1.54. The Kier molecular flexibility index (Phi) is 10.2. The molecule has 230 valence electrons. The van der Waals surface area contributed by atoms with Gasteiger partial charge in [0.2, 0.25) is 0 Å². The molecule has 2 nitrogen and oxygen atoms in total. The molecule has 7 rings (SSSR count). The van der Waals surface area contributed by atoms with Crippen molar-refractivity contribution in [1.82, 2.24) is 0 Å².